The number of benzene rings is 1. The van der Waals surface area contributed by atoms with Crippen molar-refractivity contribution in [1.82, 2.24) is 19.6 Å². The van der Waals surface area contributed by atoms with Gasteiger partial charge in [-0.05, 0) is 30.7 Å². The molecular weight excluding hydrogens is 459 g/mol. The second-order valence-electron chi connectivity index (χ2n) is 8.52. The van der Waals surface area contributed by atoms with Crippen molar-refractivity contribution in [3.05, 3.63) is 78.1 Å². The molecule has 5 rings (SSSR count). The monoisotopic (exact) mass is 481 g/mol. The maximum absolute atomic E-state index is 13.0. The van der Waals surface area contributed by atoms with Crippen LogP contribution in [0.15, 0.2) is 61.4 Å². The predicted octanol–water partition coefficient (Wildman–Crippen LogP) is 4.03. The number of fused-ring (bicyclic) bond motifs is 1. The molecule has 0 radical (unpaired) electrons. The molecule has 0 spiro atoms. The Bertz CT molecular complexity index is 1400. The third kappa shape index (κ3) is 4.36. The van der Waals surface area contributed by atoms with Crippen LogP contribution in [0, 0.1) is 6.92 Å². The summed E-state index contributed by atoms with van der Waals surface area (Å²) in [7, 11) is 1.97. The molecule has 0 bridgehead atoms. The van der Waals surface area contributed by atoms with Crippen LogP contribution in [0.25, 0.3) is 5.52 Å². The Kier molecular flexibility index (Phi) is 5.54. The summed E-state index contributed by atoms with van der Waals surface area (Å²) in [5, 5.41) is 6.87. The Morgan fingerprint density at radius 1 is 1.11 bits per heavy atom. The molecule has 4 heterocycles. The molecule has 11 heteroatoms. The van der Waals surface area contributed by atoms with Crippen molar-refractivity contribution >= 4 is 28.5 Å². The minimum atomic E-state index is -4.54. The van der Waals surface area contributed by atoms with Crippen LogP contribution in [-0.2, 0) is 6.18 Å². The van der Waals surface area contributed by atoms with Gasteiger partial charge in [-0.3, -0.25) is 14.8 Å². The lowest BCUT2D eigenvalue weighted by atomic mass is 10.0. The number of aryl methyl sites for hydroxylation is 1. The van der Waals surface area contributed by atoms with E-state index in [4.69, 9.17) is 0 Å². The van der Waals surface area contributed by atoms with Crippen LogP contribution in [0.5, 0.6) is 0 Å². The number of nitrogens with zero attached hydrogens (tertiary/aromatic N) is 6. The van der Waals surface area contributed by atoms with Gasteiger partial charge in [-0.2, -0.15) is 18.3 Å². The molecule has 0 unspecified atom stereocenters. The molecule has 3 aromatic heterocycles. The molecule has 1 aromatic carbocycles. The SMILES string of the molecule is Cc1ccc(C(=O)Nc2cncc(C(F)(F)F)c2)cc1N(C)C1CN(c2cnn3ccncc23)C1. The number of anilines is 3. The van der Waals surface area contributed by atoms with Crippen molar-refractivity contribution in [2.45, 2.75) is 19.1 Å². The first kappa shape index (κ1) is 22.6. The summed E-state index contributed by atoms with van der Waals surface area (Å²) in [6.07, 6.45) is 4.47. The van der Waals surface area contributed by atoms with E-state index in [2.05, 4.69) is 30.2 Å². The Morgan fingerprint density at radius 3 is 2.69 bits per heavy atom. The lowest BCUT2D eigenvalue weighted by molar-refractivity contribution is -0.137. The molecule has 0 aliphatic carbocycles. The number of rotatable bonds is 5. The summed E-state index contributed by atoms with van der Waals surface area (Å²) in [5.74, 6) is -0.505. The fourth-order valence-electron chi connectivity index (χ4n) is 4.16. The van der Waals surface area contributed by atoms with E-state index in [0.717, 1.165) is 47.8 Å². The molecule has 1 amide bonds. The maximum Gasteiger partial charge on any atom is 0.417 e. The van der Waals surface area contributed by atoms with Gasteiger partial charge >= 0.3 is 6.18 Å². The third-order valence-electron chi connectivity index (χ3n) is 6.23. The minimum absolute atomic E-state index is 0.0159. The average molecular weight is 481 g/mol. The molecule has 4 aromatic rings. The Hall–Kier alpha value is -4.15. The van der Waals surface area contributed by atoms with Gasteiger partial charge in [0.2, 0.25) is 0 Å². The lowest BCUT2D eigenvalue weighted by Crippen LogP contribution is -2.59. The first-order valence-electron chi connectivity index (χ1n) is 10.9. The van der Waals surface area contributed by atoms with Crippen molar-refractivity contribution in [2.24, 2.45) is 0 Å². The molecule has 0 saturated carbocycles. The Morgan fingerprint density at radius 2 is 1.91 bits per heavy atom. The maximum atomic E-state index is 13.0. The second-order valence-corrected chi connectivity index (χ2v) is 8.52. The van der Waals surface area contributed by atoms with Crippen LogP contribution in [0.4, 0.5) is 30.2 Å². The number of carbonyl (C=O) groups excluding carboxylic acids is 1. The highest BCUT2D eigenvalue weighted by atomic mass is 19.4. The highest BCUT2D eigenvalue weighted by Crippen LogP contribution is 2.32. The van der Waals surface area contributed by atoms with Crippen LogP contribution in [-0.4, -0.2) is 51.7 Å². The fourth-order valence-corrected chi connectivity index (χ4v) is 4.16. The molecule has 1 aliphatic rings. The standard InChI is InChI=1S/C24H22F3N7O/c1-15-3-4-16(23(35)31-18-8-17(9-29-10-18)24(25,26)27)7-20(15)32(2)19-13-33(14-19)21-12-30-34-6-5-28-11-22(21)34/h3-12,19H,13-14H2,1-2H3,(H,31,35). The fraction of sp³-hybridized carbons (Fsp3) is 0.250. The van der Waals surface area contributed by atoms with E-state index in [-0.39, 0.29) is 11.7 Å². The Balaban J connectivity index is 1.29. The van der Waals surface area contributed by atoms with Gasteiger partial charge in [0.25, 0.3) is 5.91 Å². The van der Waals surface area contributed by atoms with Crippen molar-refractivity contribution in [2.75, 3.05) is 35.3 Å². The zero-order valence-corrected chi connectivity index (χ0v) is 19.0. The van der Waals surface area contributed by atoms with Crippen LogP contribution in [0.2, 0.25) is 0 Å². The number of amides is 1. The number of hydrogen-bond donors (Lipinski definition) is 1. The van der Waals surface area contributed by atoms with Gasteiger partial charge in [-0.1, -0.05) is 6.07 Å². The molecule has 1 N–H and O–H groups in total. The van der Waals surface area contributed by atoms with Crippen molar-refractivity contribution < 1.29 is 18.0 Å². The molecule has 1 saturated heterocycles. The van der Waals surface area contributed by atoms with Gasteiger partial charge in [-0.15, -0.1) is 0 Å². The van der Waals surface area contributed by atoms with Gasteiger partial charge in [0, 0.05) is 50.0 Å². The number of halogens is 3. The van der Waals surface area contributed by atoms with Gasteiger partial charge < -0.3 is 15.1 Å². The molecule has 180 valence electrons. The summed E-state index contributed by atoms with van der Waals surface area (Å²) in [6.45, 7) is 3.51. The largest absolute Gasteiger partial charge is 0.417 e. The Labute approximate surface area is 199 Å². The molecule has 8 nitrogen and oxygen atoms in total. The molecule has 1 aliphatic heterocycles. The normalized spacial score (nSPS) is 14.1. The summed E-state index contributed by atoms with van der Waals surface area (Å²) in [5.41, 5.74) is 3.23. The van der Waals surface area contributed by atoms with E-state index in [0.29, 0.717) is 5.56 Å². The number of aromatic nitrogens is 4. The zero-order valence-electron chi connectivity index (χ0n) is 19.0. The van der Waals surface area contributed by atoms with Crippen molar-refractivity contribution in [3.8, 4) is 0 Å². The minimum Gasteiger partial charge on any atom is -0.368 e. The lowest BCUT2D eigenvalue weighted by Gasteiger charge is -2.46. The molecular formula is C24H22F3N7O. The highest BCUT2D eigenvalue weighted by molar-refractivity contribution is 6.05. The first-order chi connectivity index (χ1) is 16.7. The van der Waals surface area contributed by atoms with Gasteiger partial charge in [0.1, 0.15) is 5.52 Å². The molecule has 0 atom stereocenters. The van der Waals surface area contributed by atoms with E-state index in [1.54, 1.807) is 35.2 Å². The number of carbonyl (C=O) groups is 1. The number of pyridine rings is 1. The summed E-state index contributed by atoms with van der Waals surface area (Å²) < 4.78 is 40.6. The zero-order chi connectivity index (χ0) is 24.7. The number of alkyl halides is 3. The van der Waals surface area contributed by atoms with E-state index >= 15 is 0 Å². The summed E-state index contributed by atoms with van der Waals surface area (Å²) >= 11 is 0. The third-order valence-corrected chi connectivity index (χ3v) is 6.23. The number of nitrogens with one attached hydrogen (secondary N) is 1. The van der Waals surface area contributed by atoms with E-state index in [1.165, 1.54) is 6.20 Å². The van der Waals surface area contributed by atoms with Crippen LogP contribution in [0.1, 0.15) is 21.5 Å². The smallest absolute Gasteiger partial charge is 0.368 e. The highest BCUT2D eigenvalue weighted by Gasteiger charge is 2.33. The molecule has 35 heavy (non-hydrogen) atoms. The van der Waals surface area contributed by atoms with Gasteiger partial charge in [0.15, 0.2) is 0 Å². The van der Waals surface area contributed by atoms with E-state index in [9.17, 15) is 18.0 Å². The topological polar surface area (TPSA) is 78.7 Å². The number of likely N-dealkylation sites (N-methyl/N-ethyl adjacent to an activating group) is 1. The second kappa shape index (κ2) is 8.57. The van der Waals surface area contributed by atoms with Gasteiger partial charge in [-0.25, -0.2) is 4.52 Å². The van der Waals surface area contributed by atoms with Gasteiger partial charge in [0.05, 0.1) is 41.6 Å². The molecule has 1 fully saturated rings. The summed E-state index contributed by atoms with van der Waals surface area (Å²) in [6, 6.07) is 6.32. The van der Waals surface area contributed by atoms with Crippen molar-refractivity contribution in [1.29, 1.82) is 0 Å². The van der Waals surface area contributed by atoms with E-state index < -0.39 is 17.6 Å². The van der Waals surface area contributed by atoms with Crippen molar-refractivity contribution in [3.63, 3.8) is 0 Å². The van der Waals surface area contributed by atoms with Crippen LogP contribution >= 0.6 is 0 Å². The predicted molar refractivity (Wildman–Crippen MR) is 126 cm³/mol. The number of hydrogen-bond acceptors (Lipinski definition) is 6. The van der Waals surface area contributed by atoms with Crippen LogP contribution in [0.3, 0.4) is 0 Å². The quantitative estimate of drug-likeness (QED) is 0.464. The first-order valence-corrected chi connectivity index (χ1v) is 10.9. The van der Waals surface area contributed by atoms with E-state index in [1.807, 2.05) is 26.2 Å². The summed E-state index contributed by atoms with van der Waals surface area (Å²) in [4.78, 5) is 24.9. The van der Waals surface area contributed by atoms with Crippen LogP contribution < -0.4 is 15.1 Å². The average Bonchev–Trinajstić information content (AvgIpc) is 3.22.